The van der Waals surface area contributed by atoms with Crippen molar-refractivity contribution in [3.05, 3.63) is 106 Å². The summed E-state index contributed by atoms with van der Waals surface area (Å²) in [6, 6.07) is 23.2. The molecule has 1 unspecified atom stereocenters. The minimum absolute atomic E-state index is 0.0368. The molecule has 10 nitrogen and oxygen atoms in total. The van der Waals surface area contributed by atoms with Crippen molar-refractivity contribution in [2.45, 2.75) is 50.0 Å². The number of aliphatic hydroxyl groups is 1. The topological polar surface area (TPSA) is 152 Å². The number of benzene rings is 3. The number of hydrogen-bond acceptors (Lipinski definition) is 7. The summed E-state index contributed by atoms with van der Waals surface area (Å²) in [5, 5.41) is 34.5. The molecule has 0 saturated carbocycles. The number of carbonyl (C=O) groups excluding carboxylic acids is 1. The van der Waals surface area contributed by atoms with Crippen molar-refractivity contribution in [2.75, 3.05) is 32.8 Å². The van der Waals surface area contributed by atoms with Gasteiger partial charge < -0.3 is 35.3 Å². The SMILES string of the molecule is O=C(CCc1ccc(OCCCCNCC(O)c2ccc(O)c3[nH]c(=O)ccc23)cc1)N1CCC(C(=O)O)(c2ccccc2)CC1. The van der Waals surface area contributed by atoms with Crippen LogP contribution in [-0.2, 0) is 21.4 Å². The maximum Gasteiger partial charge on any atom is 0.314 e. The standard InChI is InChI=1S/C36H41N3O7/c40-30-15-13-28(29-14-16-32(42)38-34(29)30)31(41)24-37-20-4-5-23-46-27-11-8-25(9-12-27)10-17-33(43)39-21-18-36(19-22-39,35(44)45)26-6-2-1-3-7-26/h1-3,6-9,11-16,31,37,40-41H,4-5,10,17-24H2,(H,38,42)(H,44,45). The third kappa shape index (κ3) is 7.75. The number of nitrogens with zero attached hydrogens (tertiary/aromatic N) is 1. The van der Waals surface area contributed by atoms with E-state index in [4.69, 9.17) is 4.74 Å². The number of likely N-dealkylation sites (tertiary alicyclic amines) is 1. The molecule has 1 fully saturated rings. The number of pyridine rings is 1. The smallest absolute Gasteiger partial charge is 0.314 e. The number of aromatic amines is 1. The monoisotopic (exact) mass is 627 g/mol. The molecule has 1 aromatic heterocycles. The van der Waals surface area contributed by atoms with Crippen LogP contribution in [-0.4, -0.2) is 69.9 Å². The van der Waals surface area contributed by atoms with Crippen LogP contribution in [0.2, 0.25) is 0 Å². The Bertz CT molecular complexity index is 1680. The van der Waals surface area contributed by atoms with Crippen LogP contribution in [0.15, 0.2) is 83.7 Å². The molecular weight excluding hydrogens is 586 g/mol. The van der Waals surface area contributed by atoms with Gasteiger partial charge in [-0.1, -0.05) is 48.5 Å². The van der Waals surface area contributed by atoms with Crippen molar-refractivity contribution in [1.82, 2.24) is 15.2 Å². The van der Waals surface area contributed by atoms with Crippen molar-refractivity contribution >= 4 is 22.8 Å². The number of aromatic nitrogens is 1. The number of carboxylic acids is 1. The number of rotatable bonds is 14. The number of carboxylic acid groups (broad SMARTS) is 1. The Kier molecular flexibility index (Phi) is 10.7. The van der Waals surface area contributed by atoms with Crippen molar-refractivity contribution < 1.29 is 29.6 Å². The van der Waals surface area contributed by atoms with E-state index in [1.807, 2.05) is 54.6 Å². The van der Waals surface area contributed by atoms with Crippen molar-refractivity contribution in [3.8, 4) is 11.5 Å². The fourth-order valence-electron chi connectivity index (χ4n) is 6.12. The molecule has 4 aromatic rings. The molecule has 5 N–H and O–H groups in total. The van der Waals surface area contributed by atoms with E-state index in [1.165, 1.54) is 12.1 Å². The molecule has 1 amide bonds. The molecule has 10 heteroatoms. The van der Waals surface area contributed by atoms with Gasteiger partial charge in [-0.05, 0) is 79.6 Å². The molecule has 0 spiro atoms. The molecule has 5 rings (SSSR count). The molecule has 3 aromatic carbocycles. The van der Waals surface area contributed by atoms with Crippen LogP contribution < -0.4 is 15.6 Å². The molecule has 0 radical (unpaired) electrons. The summed E-state index contributed by atoms with van der Waals surface area (Å²) in [7, 11) is 0. The summed E-state index contributed by atoms with van der Waals surface area (Å²) in [4.78, 5) is 41.1. The number of aliphatic hydroxyl groups excluding tert-OH is 1. The van der Waals surface area contributed by atoms with Crippen molar-refractivity contribution in [3.63, 3.8) is 0 Å². The molecule has 0 bridgehead atoms. The van der Waals surface area contributed by atoms with E-state index in [9.17, 15) is 29.7 Å². The molecule has 1 saturated heterocycles. The minimum atomic E-state index is -0.943. The highest BCUT2D eigenvalue weighted by Gasteiger charge is 2.43. The van der Waals surface area contributed by atoms with Gasteiger partial charge in [-0.3, -0.25) is 14.4 Å². The van der Waals surface area contributed by atoms with Gasteiger partial charge in [0.1, 0.15) is 11.5 Å². The number of aliphatic carboxylic acids is 1. The van der Waals surface area contributed by atoms with E-state index >= 15 is 0 Å². The highest BCUT2D eigenvalue weighted by Crippen LogP contribution is 2.36. The lowest BCUT2D eigenvalue weighted by molar-refractivity contribution is -0.148. The van der Waals surface area contributed by atoms with Gasteiger partial charge in [0, 0.05) is 37.5 Å². The number of amides is 1. The molecule has 1 aliphatic heterocycles. The number of fused-ring (bicyclic) bond motifs is 1. The number of aromatic hydroxyl groups is 1. The zero-order valence-electron chi connectivity index (χ0n) is 25.8. The lowest BCUT2D eigenvalue weighted by Gasteiger charge is -2.39. The van der Waals surface area contributed by atoms with Crippen LogP contribution in [0.4, 0.5) is 0 Å². The van der Waals surface area contributed by atoms with E-state index in [2.05, 4.69) is 10.3 Å². The first-order valence-corrected chi connectivity index (χ1v) is 15.8. The Morgan fingerprint density at radius 1 is 0.957 bits per heavy atom. The molecule has 1 atom stereocenters. The van der Waals surface area contributed by atoms with E-state index < -0.39 is 17.5 Å². The molecular formula is C36H41N3O7. The second-order valence-electron chi connectivity index (χ2n) is 11.8. The van der Waals surface area contributed by atoms with Crippen LogP contribution in [0.25, 0.3) is 10.9 Å². The quantitative estimate of drug-likeness (QED) is 0.130. The van der Waals surface area contributed by atoms with Gasteiger partial charge in [-0.15, -0.1) is 0 Å². The Balaban J connectivity index is 0.975. The number of phenolic OH excluding ortho intramolecular Hbond substituents is 1. The summed E-state index contributed by atoms with van der Waals surface area (Å²) in [5.41, 5.74) is 1.52. The summed E-state index contributed by atoms with van der Waals surface area (Å²) in [5.74, 6) is -0.0640. The van der Waals surface area contributed by atoms with E-state index in [0.29, 0.717) is 74.9 Å². The van der Waals surface area contributed by atoms with Gasteiger partial charge in [-0.2, -0.15) is 0 Å². The summed E-state index contributed by atoms with van der Waals surface area (Å²) in [6.07, 6.45) is 2.67. The Morgan fingerprint density at radius 3 is 2.41 bits per heavy atom. The maximum absolute atomic E-state index is 12.9. The predicted molar refractivity (Wildman–Crippen MR) is 175 cm³/mol. The number of aryl methyl sites for hydroxylation is 1. The third-order valence-electron chi connectivity index (χ3n) is 8.88. The largest absolute Gasteiger partial charge is 0.506 e. The van der Waals surface area contributed by atoms with E-state index in [0.717, 1.165) is 29.7 Å². The van der Waals surface area contributed by atoms with Gasteiger partial charge in [0.05, 0.1) is 23.6 Å². The molecule has 242 valence electrons. The fraction of sp³-hybridized carbons (Fsp3) is 0.361. The van der Waals surface area contributed by atoms with Gasteiger partial charge in [-0.25, -0.2) is 0 Å². The minimum Gasteiger partial charge on any atom is -0.506 e. The highest BCUT2D eigenvalue weighted by molar-refractivity contribution is 5.87. The number of piperidine rings is 1. The van der Waals surface area contributed by atoms with Crippen molar-refractivity contribution in [1.29, 1.82) is 0 Å². The molecule has 2 heterocycles. The first kappa shape index (κ1) is 32.7. The summed E-state index contributed by atoms with van der Waals surface area (Å²) >= 11 is 0. The molecule has 1 aliphatic rings. The fourth-order valence-corrected chi connectivity index (χ4v) is 6.12. The Morgan fingerprint density at radius 2 is 1.70 bits per heavy atom. The lowest BCUT2D eigenvalue weighted by Crippen LogP contribution is -2.49. The zero-order valence-corrected chi connectivity index (χ0v) is 25.8. The van der Waals surface area contributed by atoms with Crippen LogP contribution in [0.5, 0.6) is 11.5 Å². The van der Waals surface area contributed by atoms with Gasteiger partial charge in [0.2, 0.25) is 11.5 Å². The van der Waals surface area contributed by atoms with Crippen LogP contribution in [0.1, 0.15) is 54.9 Å². The van der Waals surface area contributed by atoms with Crippen molar-refractivity contribution in [2.24, 2.45) is 0 Å². The number of unbranched alkanes of at least 4 members (excludes halogenated alkanes) is 1. The first-order chi connectivity index (χ1) is 22.3. The number of nitrogens with one attached hydrogen (secondary N) is 2. The predicted octanol–water partition coefficient (Wildman–Crippen LogP) is 4.29. The van der Waals surface area contributed by atoms with Gasteiger partial charge in [0.25, 0.3) is 0 Å². The number of ether oxygens (including phenoxy) is 1. The van der Waals surface area contributed by atoms with Crippen LogP contribution in [0, 0.1) is 0 Å². The van der Waals surface area contributed by atoms with Crippen LogP contribution >= 0.6 is 0 Å². The number of H-pyrrole nitrogens is 1. The average molecular weight is 628 g/mol. The van der Waals surface area contributed by atoms with Crippen LogP contribution in [0.3, 0.4) is 0 Å². The zero-order chi connectivity index (χ0) is 32.5. The first-order valence-electron chi connectivity index (χ1n) is 15.8. The summed E-state index contributed by atoms with van der Waals surface area (Å²) < 4.78 is 5.87. The Labute approximate surface area is 267 Å². The maximum atomic E-state index is 12.9. The Hall–Kier alpha value is -4.67. The average Bonchev–Trinajstić information content (AvgIpc) is 3.08. The third-order valence-corrected chi connectivity index (χ3v) is 8.88. The highest BCUT2D eigenvalue weighted by atomic mass is 16.5. The molecule has 0 aliphatic carbocycles. The number of hydrogen-bond donors (Lipinski definition) is 5. The molecule has 46 heavy (non-hydrogen) atoms. The van der Waals surface area contributed by atoms with E-state index in [-0.39, 0.29) is 17.2 Å². The van der Waals surface area contributed by atoms with Gasteiger partial charge in [0.15, 0.2) is 0 Å². The normalized spacial score (nSPS) is 15.0. The number of phenols is 1. The second-order valence-corrected chi connectivity index (χ2v) is 11.8. The second kappa shape index (κ2) is 15.1. The van der Waals surface area contributed by atoms with E-state index in [1.54, 1.807) is 17.0 Å². The number of carbonyl (C=O) groups is 2. The summed E-state index contributed by atoms with van der Waals surface area (Å²) in [6.45, 7) is 2.44. The lowest BCUT2D eigenvalue weighted by atomic mass is 9.73. The van der Waals surface area contributed by atoms with Gasteiger partial charge >= 0.3 is 5.97 Å².